The van der Waals surface area contributed by atoms with E-state index in [1.807, 2.05) is 6.07 Å². The Morgan fingerprint density at radius 3 is 2.88 bits per heavy atom. The number of rotatable bonds is 2. The summed E-state index contributed by atoms with van der Waals surface area (Å²) in [4.78, 5) is 7.71. The monoisotopic (exact) mass is 309 g/mol. The van der Waals surface area contributed by atoms with Gasteiger partial charge in [0, 0.05) is 6.20 Å². The summed E-state index contributed by atoms with van der Waals surface area (Å²) < 4.78 is 6.07. The Balaban J connectivity index is 2.38. The molecule has 0 fully saturated rings. The van der Waals surface area contributed by atoms with Crippen molar-refractivity contribution in [2.75, 3.05) is 0 Å². The zero-order chi connectivity index (χ0) is 12.3. The number of hydrogen-bond acceptors (Lipinski definition) is 4. The van der Waals surface area contributed by atoms with Gasteiger partial charge in [0.15, 0.2) is 0 Å². The second-order valence-corrected chi connectivity index (χ2v) is 4.19. The van der Waals surface area contributed by atoms with Gasteiger partial charge in [-0.2, -0.15) is 10.2 Å². The Kier molecular flexibility index (Phi) is 3.57. The third kappa shape index (κ3) is 2.73. The highest BCUT2D eigenvalue weighted by Crippen LogP contribution is 2.29. The number of nitrogens with zero attached hydrogens (tertiary/aromatic N) is 3. The number of benzene rings is 1. The number of halogens is 2. The number of aromatic nitrogens is 2. The summed E-state index contributed by atoms with van der Waals surface area (Å²) in [5.74, 6) is 0.693. The first kappa shape index (κ1) is 11.8. The second-order valence-electron chi connectivity index (χ2n) is 3.00. The molecule has 2 rings (SSSR count). The van der Waals surface area contributed by atoms with Crippen molar-refractivity contribution in [3.8, 4) is 17.7 Å². The van der Waals surface area contributed by atoms with Gasteiger partial charge >= 0.3 is 0 Å². The van der Waals surface area contributed by atoms with Crippen molar-refractivity contribution >= 4 is 27.5 Å². The van der Waals surface area contributed by atoms with Crippen molar-refractivity contribution in [2.24, 2.45) is 0 Å². The van der Waals surface area contributed by atoms with E-state index in [4.69, 9.17) is 21.6 Å². The molecule has 4 nitrogen and oxygen atoms in total. The fourth-order valence-corrected chi connectivity index (χ4v) is 1.55. The molecule has 0 aliphatic heterocycles. The lowest BCUT2D eigenvalue weighted by Crippen LogP contribution is -1.93. The molecule has 0 aliphatic carbocycles. The minimum absolute atomic E-state index is 0.0811. The van der Waals surface area contributed by atoms with Gasteiger partial charge in [-0.1, -0.05) is 12.1 Å². The average molecular weight is 311 g/mol. The van der Waals surface area contributed by atoms with Gasteiger partial charge in [-0.3, -0.25) is 0 Å². The van der Waals surface area contributed by atoms with Crippen LogP contribution in [0.1, 0.15) is 5.56 Å². The molecule has 1 aromatic heterocycles. The summed E-state index contributed by atoms with van der Waals surface area (Å²) in [7, 11) is 0. The summed E-state index contributed by atoms with van der Waals surface area (Å²) in [6.07, 6.45) is 1.49. The highest BCUT2D eigenvalue weighted by atomic mass is 79.9. The largest absolute Gasteiger partial charge is 0.436 e. The van der Waals surface area contributed by atoms with Gasteiger partial charge in [0.05, 0.1) is 10.0 Å². The molecule has 0 radical (unpaired) electrons. The van der Waals surface area contributed by atoms with Gasteiger partial charge in [-0.25, -0.2) is 4.98 Å². The molecule has 2 aromatic rings. The van der Waals surface area contributed by atoms with Crippen LogP contribution in [0.5, 0.6) is 11.6 Å². The van der Waals surface area contributed by atoms with E-state index in [1.54, 1.807) is 24.3 Å². The third-order valence-corrected chi connectivity index (χ3v) is 2.62. The minimum Gasteiger partial charge on any atom is -0.436 e. The Morgan fingerprint density at radius 2 is 2.12 bits per heavy atom. The fourth-order valence-electron chi connectivity index (χ4n) is 1.15. The normalized spacial score (nSPS) is 9.71. The van der Waals surface area contributed by atoms with Gasteiger partial charge in [0.25, 0.3) is 0 Å². The minimum atomic E-state index is 0.0811. The van der Waals surface area contributed by atoms with Crippen molar-refractivity contribution < 1.29 is 4.74 Å². The van der Waals surface area contributed by atoms with Crippen molar-refractivity contribution in [3.63, 3.8) is 0 Å². The molecule has 0 bridgehead atoms. The lowest BCUT2D eigenvalue weighted by molar-refractivity contribution is 0.457. The smallest absolute Gasteiger partial charge is 0.238 e. The van der Waals surface area contributed by atoms with Gasteiger partial charge in [0.2, 0.25) is 11.2 Å². The summed E-state index contributed by atoms with van der Waals surface area (Å²) in [6.45, 7) is 0. The molecule has 0 saturated carbocycles. The highest BCUT2D eigenvalue weighted by molar-refractivity contribution is 9.10. The Morgan fingerprint density at radius 1 is 1.35 bits per heavy atom. The predicted molar refractivity (Wildman–Crippen MR) is 66.0 cm³/mol. The quantitative estimate of drug-likeness (QED) is 0.796. The molecule has 17 heavy (non-hydrogen) atoms. The van der Waals surface area contributed by atoms with E-state index in [2.05, 4.69) is 25.9 Å². The number of nitriles is 1. The van der Waals surface area contributed by atoms with Crippen LogP contribution < -0.4 is 4.74 Å². The Labute approximate surface area is 111 Å². The molecule has 0 N–H and O–H groups in total. The van der Waals surface area contributed by atoms with Crippen LogP contribution in [-0.4, -0.2) is 9.97 Å². The maximum absolute atomic E-state index is 8.92. The molecular formula is C11H5BrClN3O. The van der Waals surface area contributed by atoms with Crippen LogP contribution >= 0.6 is 27.5 Å². The van der Waals surface area contributed by atoms with Gasteiger partial charge in [0.1, 0.15) is 11.8 Å². The molecule has 0 saturated heterocycles. The first-order chi connectivity index (χ1) is 8.20. The molecule has 0 spiro atoms. The third-order valence-electron chi connectivity index (χ3n) is 1.90. The highest BCUT2D eigenvalue weighted by Gasteiger charge is 2.09. The fraction of sp³-hybridized carbons (Fsp3) is 0. The summed E-state index contributed by atoms with van der Waals surface area (Å²) in [5, 5.41) is 9.00. The van der Waals surface area contributed by atoms with E-state index in [0.717, 1.165) is 0 Å². The zero-order valence-electron chi connectivity index (χ0n) is 8.39. The Bertz CT molecular complexity index is 598. The molecular weight excluding hydrogens is 305 g/mol. The van der Waals surface area contributed by atoms with Crippen LogP contribution in [0.2, 0.25) is 5.28 Å². The summed E-state index contributed by atoms with van der Waals surface area (Å²) >= 11 is 8.91. The van der Waals surface area contributed by atoms with Crippen LogP contribution in [0.15, 0.2) is 34.9 Å². The lowest BCUT2D eigenvalue weighted by atomic mass is 10.2. The van der Waals surface area contributed by atoms with Crippen molar-refractivity contribution in [1.29, 1.82) is 5.26 Å². The van der Waals surface area contributed by atoms with Crippen LogP contribution in [0.3, 0.4) is 0 Å². The number of hydrogen-bond donors (Lipinski definition) is 0. The first-order valence-corrected chi connectivity index (χ1v) is 5.73. The standard InChI is InChI=1S/C11H5BrClN3O/c12-8-6-15-11(13)16-10(8)17-9-4-2-1-3-7(9)5-14/h1-4,6H. The summed E-state index contributed by atoms with van der Waals surface area (Å²) in [6, 6.07) is 8.90. The van der Waals surface area contributed by atoms with E-state index < -0.39 is 0 Å². The molecule has 0 unspecified atom stereocenters. The summed E-state index contributed by atoms with van der Waals surface area (Å²) in [5.41, 5.74) is 0.425. The van der Waals surface area contributed by atoms with Crippen LogP contribution in [-0.2, 0) is 0 Å². The maximum Gasteiger partial charge on any atom is 0.238 e. The van der Waals surface area contributed by atoms with Gasteiger partial charge < -0.3 is 4.74 Å². The van der Waals surface area contributed by atoms with Crippen LogP contribution in [0.4, 0.5) is 0 Å². The van der Waals surface area contributed by atoms with Crippen molar-refractivity contribution in [3.05, 3.63) is 45.8 Å². The molecule has 6 heteroatoms. The van der Waals surface area contributed by atoms with E-state index in [-0.39, 0.29) is 11.2 Å². The molecule has 84 valence electrons. The Hall–Kier alpha value is -1.64. The SMILES string of the molecule is N#Cc1ccccc1Oc1nc(Cl)ncc1Br. The van der Waals surface area contributed by atoms with Gasteiger partial charge in [-0.05, 0) is 39.7 Å². The van der Waals surface area contributed by atoms with Gasteiger partial charge in [-0.15, -0.1) is 0 Å². The van der Waals surface area contributed by atoms with Crippen molar-refractivity contribution in [1.82, 2.24) is 9.97 Å². The molecule has 1 aromatic carbocycles. The number of para-hydroxylation sites is 1. The predicted octanol–water partition coefficient (Wildman–Crippen LogP) is 3.56. The maximum atomic E-state index is 8.92. The van der Waals surface area contributed by atoms with E-state index in [1.165, 1.54) is 6.20 Å². The molecule has 1 heterocycles. The molecule has 0 atom stereocenters. The van der Waals surface area contributed by atoms with Crippen LogP contribution in [0.25, 0.3) is 0 Å². The van der Waals surface area contributed by atoms with E-state index >= 15 is 0 Å². The van der Waals surface area contributed by atoms with Crippen LogP contribution in [0, 0.1) is 11.3 Å². The number of ether oxygens (including phenoxy) is 1. The zero-order valence-corrected chi connectivity index (χ0v) is 10.7. The molecule has 0 aliphatic rings. The van der Waals surface area contributed by atoms with Crippen molar-refractivity contribution in [2.45, 2.75) is 0 Å². The topological polar surface area (TPSA) is 58.8 Å². The second kappa shape index (κ2) is 5.13. The molecule has 0 amide bonds. The van der Waals surface area contributed by atoms with E-state index in [0.29, 0.717) is 15.8 Å². The van der Waals surface area contributed by atoms with E-state index in [9.17, 15) is 0 Å². The first-order valence-electron chi connectivity index (χ1n) is 4.55. The average Bonchev–Trinajstić information content (AvgIpc) is 2.34. The lowest BCUT2D eigenvalue weighted by Gasteiger charge is -2.07.